The Bertz CT molecular complexity index is 558. The van der Waals surface area contributed by atoms with Gasteiger partial charge in [-0.05, 0) is 48.6 Å². The Hall–Kier alpha value is -2.09. The van der Waals surface area contributed by atoms with Gasteiger partial charge in [-0.2, -0.15) is 0 Å². The summed E-state index contributed by atoms with van der Waals surface area (Å²) in [4.78, 5) is 12.1. The number of hydrogen-bond acceptors (Lipinski definition) is 2. The molecule has 2 rings (SSSR count). The van der Waals surface area contributed by atoms with Gasteiger partial charge in [0.2, 0.25) is 0 Å². The molecule has 0 saturated heterocycles. The Morgan fingerprint density at radius 1 is 1.00 bits per heavy atom. The molecule has 2 aromatic rings. The first-order chi connectivity index (χ1) is 10.2. The molecule has 0 fully saturated rings. The fraction of sp³-hybridized carbons (Fsp3) is 0.316. The van der Waals surface area contributed by atoms with Crippen molar-refractivity contribution >= 4 is 5.97 Å². The lowest BCUT2D eigenvalue weighted by Gasteiger charge is -2.14. The van der Waals surface area contributed by atoms with E-state index >= 15 is 0 Å². The largest absolute Gasteiger partial charge is 0.423 e. The highest BCUT2D eigenvalue weighted by molar-refractivity contribution is 5.91. The Labute approximate surface area is 126 Å². The van der Waals surface area contributed by atoms with E-state index in [1.165, 1.54) is 18.4 Å². The smallest absolute Gasteiger partial charge is 0.343 e. The van der Waals surface area contributed by atoms with Crippen molar-refractivity contribution in [3.05, 3.63) is 65.7 Å². The van der Waals surface area contributed by atoms with E-state index in [1.807, 2.05) is 42.5 Å². The summed E-state index contributed by atoms with van der Waals surface area (Å²) in [5.41, 5.74) is 1.89. The van der Waals surface area contributed by atoms with Crippen molar-refractivity contribution in [1.29, 1.82) is 0 Å². The summed E-state index contributed by atoms with van der Waals surface area (Å²) in [7, 11) is 0. The highest BCUT2D eigenvalue weighted by Crippen LogP contribution is 2.25. The van der Waals surface area contributed by atoms with Crippen LogP contribution in [0.2, 0.25) is 0 Å². The van der Waals surface area contributed by atoms with Crippen LogP contribution in [0.4, 0.5) is 0 Å². The van der Waals surface area contributed by atoms with Gasteiger partial charge in [-0.25, -0.2) is 4.79 Å². The van der Waals surface area contributed by atoms with Crippen LogP contribution in [-0.2, 0) is 0 Å². The maximum Gasteiger partial charge on any atom is 0.343 e. The summed E-state index contributed by atoms with van der Waals surface area (Å²) in [5.74, 6) is 0.842. The molecule has 2 nitrogen and oxygen atoms in total. The maximum atomic E-state index is 12.1. The van der Waals surface area contributed by atoms with Crippen molar-refractivity contribution in [1.82, 2.24) is 0 Å². The normalized spacial score (nSPS) is 11.9. The average Bonchev–Trinajstić information content (AvgIpc) is 2.54. The molecule has 0 amide bonds. The van der Waals surface area contributed by atoms with Gasteiger partial charge in [-0.3, -0.25) is 0 Å². The minimum absolute atomic E-state index is 0.309. The number of carbonyl (C=O) groups is 1. The zero-order valence-corrected chi connectivity index (χ0v) is 12.7. The van der Waals surface area contributed by atoms with E-state index in [1.54, 1.807) is 12.1 Å². The van der Waals surface area contributed by atoms with Crippen LogP contribution in [0, 0.1) is 0 Å². The highest BCUT2D eigenvalue weighted by Gasteiger charge is 2.11. The molecule has 0 heterocycles. The Balaban J connectivity index is 2.06. The predicted molar refractivity (Wildman–Crippen MR) is 85.8 cm³/mol. The third kappa shape index (κ3) is 4.19. The number of hydrogen-bond donors (Lipinski definition) is 0. The molecule has 2 heteroatoms. The Morgan fingerprint density at radius 2 is 1.67 bits per heavy atom. The van der Waals surface area contributed by atoms with E-state index in [-0.39, 0.29) is 5.97 Å². The summed E-state index contributed by atoms with van der Waals surface area (Å²) >= 11 is 0. The first-order valence-corrected chi connectivity index (χ1v) is 7.61. The molecule has 110 valence electrons. The summed E-state index contributed by atoms with van der Waals surface area (Å²) in [6.07, 6.45) is 3.49. The van der Waals surface area contributed by atoms with E-state index in [9.17, 15) is 4.79 Å². The van der Waals surface area contributed by atoms with Crippen LogP contribution in [0.5, 0.6) is 5.75 Å². The number of benzene rings is 2. The van der Waals surface area contributed by atoms with Crippen LogP contribution in [0.15, 0.2) is 54.6 Å². The Morgan fingerprint density at radius 3 is 2.24 bits per heavy atom. The molecule has 0 aliphatic heterocycles. The molecule has 2 aromatic carbocycles. The predicted octanol–water partition coefficient (Wildman–Crippen LogP) is 5.20. The Kier molecular flexibility index (Phi) is 5.56. The fourth-order valence-corrected chi connectivity index (χ4v) is 2.50. The molecule has 0 spiro atoms. The van der Waals surface area contributed by atoms with E-state index < -0.39 is 0 Å². The van der Waals surface area contributed by atoms with Gasteiger partial charge in [0.25, 0.3) is 0 Å². The highest BCUT2D eigenvalue weighted by atomic mass is 16.5. The van der Waals surface area contributed by atoms with E-state index in [0.29, 0.717) is 17.2 Å². The second-order valence-corrected chi connectivity index (χ2v) is 5.22. The summed E-state index contributed by atoms with van der Waals surface area (Å²) < 4.78 is 5.34. The SMILES string of the molecule is CCCC(CC)c1ccc(C(=O)Oc2ccccc2)cc1. The molecular formula is C19H22O2. The van der Waals surface area contributed by atoms with Gasteiger partial charge in [0.05, 0.1) is 5.56 Å². The third-order valence-electron chi connectivity index (χ3n) is 3.70. The van der Waals surface area contributed by atoms with E-state index in [2.05, 4.69) is 13.8 Å². The quantitative estimate of drug-likeness (QED) is 0.537. The molecule has 21 heavy (non-hydrogen) atoms. The maximum absolute atomic E-state index is 12.1. The number of carbonyl (C=O) groups excluding carboxylic acids is 1. The lowest BCUT2D eigenvalue weighted by molar-refractivity contribution is 0.0735. The zero-order valence-electron chi connectivity index (χ0n) is 12.7. The van der Waals surface area contributed by atoms with Crippen molar-refractivity contribution < 1.29 is 9.53 Å². The fourth-order valence-electron chi connectivity index (χ4n) is 2.50. The minimum Gasteiger partial charge on any atom is -0.423 e. The molecule has 1 unspecified atom stereocenters. The standard InChI is InChI=1S/C19H22O2/c1-3-8-15(4-2)16-11-13-17(14-12-16)19(20)21-18-9-6-5-7-10-18/h5-7,9-15H,3-4,8H2,1-2H3. The van der Waals surface area contributed by atoms with Crippen LogP contribution < -0.4 is 4.74 Å². The van der Waals surface area contributed by atoms with Crippen molar-refractivity contribution in [3.8, 4) is 5.75 Å². The molecule has 0 N–H and O–H groups in total. The monoisotopic (exact) mass is 282 g/mol. The van der Waals surface area contributed by atoms with Gasteiger partial charge in [0.1, 0.15) is 5.75 Å². The number of para-hydroxylation sites is 1. The van der Waals surface area contributed by atoms with Crippen molar-refractivity contribution in [3.63, 3.8) is 0 Å². The van der Waals surface area contributed by atoms with E-state index in [0.717, 1.165) is 6.42 Å². The van der Waals surface area contributed by atoms with Gasteiger partial charge in [0, 0.05) is 0 Å². The topological polar surface area (TPSA) is 26.3 Å². The van der Waals surface area contributed by atoms with Crippen molar-refractivity contribution in [2.24, 2.45) is 0 Å². The van der Waals surface area contributed by atoms with Gasteiger partial charge in [-0.1, -0.05) is 50.6 Å². The third-order valence-corrected chi connectivity index (χ3v) is 3.70. The van der Waals surface area contributed by atoms with Crippen LogP contribution in [-0.4, -0.2) is 5.97 Å². The first-order valence-electron chi connectivity index (χ1n) is 7.61. The first kappa shape index (κ1) is 15.3. The van der Waals surface area contributed by atoms with E-state index in [4.69, 9.17) is 4.74 Å². The second-order valence-electron chi connectivity index (χ2n) is 5.22. The summed E-state index contributed by atoms with van der Waals surface area (Å²) in [6, 6.07) is 17.0. The lowest BCUT2D eigenvalue weighted by Crippen LogP contribution is -2.08. The molecule has 0 bridgehead atoms. The van der Waals surface area contributed by atoms with Crippen LogP contribution in [0.3, 0.4) is 0 Å². The van der Waals surface area contributed by atoms with Crippen LogP contribution in [0.25, 0.3) is 0 Å². The van der Waals surface area contributed by atoms with Crippen LogP contribution >= 0.6 is 0 Å². The summed E-state index contributed by atoms with van der Waals surface area (Å²) in [5, 5.41) is 0. The molecular weight excluding hydrogens is 260 g/mol. The molecule has 0 aliphatic rings. The number of rotatable bonds is 6. The van der Waals surface area contributed by atoms with Gasteiger partial charge < -0.3 is 4.74 Å². The summed E-state index contributed by atoms with van der Waals surface area (Å²) in [6.45, 7) is 4.41. The molecule has 1 atom stereocenters. The van der Waals surface area contributed by atoms with Crippen LogP contribution in [0.1, 0.15) is 54.9 Å². The number of esters is 1. The van der Waals surface area contributed by atoms with Gasteiger partial charge in [0.15, 0.2) is 0 Å². The molecule has 0 saturated carbocycles. The van der Waals surface area contributed by atoms with Crippen molar-refractivity contribution in [2.45, 2.75) is 39.0 Å². The van der Waals surface area contributed by atoms with Crippen molar-refractivity contribution in [2.75, 3.05) is 0 Å². The molecule has 0 radical (unpaired) electrons. The molecule has 0 aliphatic carbocycles. The molecule has 0 aromatic heterocycles. The van der Waals surface area contributed by atoms with Gasteiger partial charge in [-0.15, -0.1) is 0 Å². The second kappa shape index (κ2) is 7.63. The number of ether oxygens (including phenoxy) is 1. The average molecular weight is 282 g/mol. The van der Waals surface area contributed by atoms with Gasteiger partial charge >= 0.3 is 5.97 Å². The minimum atomic E-state index is -0.309. The lowest BCUT2D eigenvalue weighted by atomic mass is 9.91. The zero-order chi connectivity index (χ0) is 15.1.